The van der Waals surface area contributed by atoms with Crippen molar-refractivity contribution in [3.8, 4) is 0 Å². The average Bonchev–Trinajstić information content (AvgIpc) is 3.03. The van der Waals surface area contributed by atoms with E-state index < -0.39 is 16.1 Å². The first kappa shape index (κ1) is 24.7. The van der Waals surface area contributed by atoms with E-state index in [9.17, 15) is 0 Å². The molecule has 2 rings (SSSR count). The van der Waals surface area contributed by atoms with Crippen molar-refractivity contribution in [1.82, 2.24) is 0 Å². The summed E-state index contributed by atoms with van der Waals surface area (Å²) in [6.07, 6.45) is 17.4. The number of hydrogen-bond acceptors (Lipinski definition) is 0. The largest absolute Gasteiger partial charge is 1.00 e. The van der Waals surface area contributed by atoms with Crippen LogP contribution in [0.3, 0.4) is 0 Å². The molecule has 1 radical (unpaired) electrons. The van der Waals surface area contributed by atoms with Crippen LogP contribution in [0, 0.1) is 12.2 Å². The van der Waals surface area contributed by atoms with Crippen LogP contribution in [0.2, 0.25) is 52.4 Å². The average molecular weight is 514 g/mol. The summed E-state index contributed by atoms with van der Waals surface area (Å²) in [5.41, 5.74) is 0. The van der Waals surface area contributed by atoms with E-state index in [0.29, 0.717) is 0 Å². The van der Waals surface area contributed by atoms with Gasteiger partial charge in [0.1, 0.15) is 0 Å². The van der Waals surface area contributed by atoms with Crippen LogP contribution < -0.4 is 0 Å². The maximum Gasteiger partial charge on any atom is 0.0213 e. The zero-order chi connectivity index (χ0) is 16.5. The molecule has 0 aliphatic heterocycles. The van der Waals surface area contributed by atoms with Gasteiger partial charge in [0.05, 0.1) is 0 Å². The molecule has 2 aliphatic rings. The van der Waals surface area contributed by atoms with Gasteiger partial charge in [-0.05, 0) is 16.1 Å². The number of hydrogen-bond donors (Lipinski definition) is 0. The molecule has 0 atom stereocenters. The van der Waals surface area contributed by atoms with Gasteiger partial charge in [-0.15, -0.1) is 12.8 Å². The van der Waals surface area contributed by atoms with Gasteiger partial charge in [0.15, 0.2) is 0 Å². The maximum absolute atomic E-state index is 3.20. The second kappa shape index (κ2) is 11.9. The van der Waals surface area contributed by atoms with E-state index in [1.165, 1.54) is 0 Å². The molecule has 0 unspecified atom stereocenters. The SMILES string of the molecule is C[SiH]C.C[Si](C)(C)C1=CC[C-]=C1.C[Si](C)(C)C1=CC[C-]=C1.[H-].[H-].[Hf]. The molecule has 4 heteroatoms. The van der Waals surface area contributed by atoms with Crippen molar-refractivity contribution in [2.45, 2.75) is 65.2 Å². The van der Waals surface area contributed by atoms with Crippen LogP contribution in [0.1, 0.15) is 15.7 Å². The third-order valence-corrected chi connectivity index (χ3v) is 7.29. The first-order valence-corrected chi connectivity index (χ1v) is 17.2. The second-order valence-corrected chi connectivity index (χ2v) is 18.8. The Labute approximate surface area is 165 Å². The zero-order valence-corrected chi connectivity index (χ0v) is 22.5. The van der Waals surface area contributed by atoms with Crippen LogP contribution in [0.25, 0.3) is 0 Å². The van der Waals surface area contributed by atoms with Gasteiger partial charge in [-0.25, -0.2) is 22.5 Å². The van der Waals surface area contributed by atoms with Gasteiger partial charge in [-0.1, -0.05) is 52.4 Å². The Morgan fingerprint density at radius 1 is 0.818 bits per heavy atom. The molecule has 0 saturated heterocycles. The molecule has 0 spiro atoms. The maximum atomic E-state index is 3.20. The van der Waals surface area contributed by atoms with Gasteiger partial charge in [-0.2, -0.15) is 12.2 Å². The molecule has 0 aromatic rings. The number of rotatable bonds is 2. The van der Waals surface area contributed by atoms with Gasteiger partial charge in [0, 0.05) is 35.4 Å². The topological polar surface area (TPSA) is 0 Å². The van der Waals surface area contributed by atoms with Crippen LogP contribution in [0.15, 0.2) is 34.7 Å². The van der Waals surface area contributed by atoms with Crippen LogP contribution in [-0.2, 0) is 25.8 Å². The van der Waals surface area contributed by atoms with E-state index >= 15 is 0 Å². The Morgan fingerprint density at radius 2 is 1.09 bits per heavy atom. The summed E-state index contributed by atoms with van der Waals surface area (Å²) in [6, 6.07) is 0. The molecule has 0 amide bonds. The quantitative estimate of drug-likeness (QED) is 0.321. The number of allylic oxidation sites excluding steroid dienone is 8. The Morgan fingerprint density at radius 3 is 1.18 bits per heavy atom. The molecule has 127 valence electrons. The van der Waals surface area contributed by atoms with Crippen LogP contribution in [-0.4, -0.2) is 25.7 Å². The molecule has 0 saturated carbocycles. The van der Waals surface area contributed by atoms with Crippen molar-refractivity contribution in [2.75, 3.05) is 0 Å². The predicted octanol–water partition coefficient (Wildman–Crippen LogP) is 5.85. The van der Waals surface area contributed by atoms with E-state index in [1.54, 1.807) is 10.4 Å². The van der Waals surface area contributed by atoms with Gasteiger partial charge >= 0.3 is 0 Å². The van der Waals surface area contributed by atoms with Crippen molar-refractivity contribution < 1.29 is 28.7 Å². The fourth-order valence-corrected chi connectivity index (χ4v) is 4.34. The van der Waals surface area contributed by atoms with E-state index in [4.69, 9.17) is 0 Å². The van der Waals surface area contributed by atoms with Gasteiger partial charge in [0.2, 0.25) is 0 Å². The predicted molar refractivity (Wildman–Crippen MR) is 109 cm³/mol. The zero-order valence-electron chi connectivity index (χ0n) is 17.8. The molecule has 0 nitrogen and oxygen atoms in total. The Hall–Kier alpha value is 0.481. The second-order valence-electron chi connectivity index (χ2n) is 7.50. The minimum atomic E-state index is -0.981. The third kappa shape index (κ3) is 11.1. The first-order chi connectivity index (χ1) is 9.62. The third-order valence-electron chi connectivity index (χ3n) is 3.13. The van der Waals surface area contributed by atoms with Crippen LogP contribution in [0.5, 0.6) is 0 Å². The minimum absolute atomic E-state index is 0. The summed E-state index contributed by atoms with van der Waals surface area (Å²) < 4.78 is 0. The summed E-state index contributed by atoms with van der Waals surface area (Å²) in [5, 5.41) is 3.12. The van der Waals surface area contributed by atoms with Crippen molar-refractivity contribution in [3.05, 3.63) is 46.8 Å². The normalized spacial score (nSPS) is 15.8. The fourth-order valence-electron chi connectivity index (χ4n) is 1.84. The van der Waals surface area contributed by atoms with Crippen molar-refractivity contribution >= 4 is 25.7 Å². The van der Waals surface area contributed by atoms with Gasteiger partial charge in [0.25, 0.3) is 0 Å². The Bertz CT molecular complexity index is 389. The summed E-state index contributed by atoms with van der Waals surface area (Å²) >= 11 is 0. The molecule has 0 aromatic heterocycles. The summed E-state index contributed by atoms with van der Waals surface area (Å²) in [7, 11) is -1.21. The van der Waals surface area contributed by atoms with Gasteiger partial charge < -0.3 is 2.85 Å². The summed E-state index contributed by atoms with van der Waals surface area (Å²) in [5.74, 6) is 0. The monoisotopic (exact) mass is 515 g/mol. The van der Waals surface area contributed by atoms with Crippen molar-refractivity contribution in [2.24, 2.45) is 0 Å². The molecule has 2 aliphatic carbocycles. The molecule has 0 fully saturated rings. The van der Waals surface area contributed by atoms with E-state index in [2.05, 4.69) is 88.8 Å². The summed E-state index contributed by atoms with van der Waals surface area (Å²) in [4.78, 5) is 0. The molecule has 0 heterocycles. The Balaban J connectivity index is -0.000000130. The molecule has 0 N–H and O–H groups in total. The molecule has 0 aromatic carbocycles. The van der Waals surface area contributed by atoms with Crippen LogP contribution >= 0.6 is 0 Å². The minimum Gasteiger partial charge on any atom is -1.00 e. The fraction of sp³-hybridized carbons (Fsp3) is 0.556. The standard InChI is InChI=1S/2C8H13Si.C2H7Si.Hf.2H/c2*1-9(2,3)8-6-4-5-7-8;1-3-2;;;/h2*6-7H,4H2,1-3H3;3H,1-2H3;;;/q2*-1;;;2*-1. The van der Waals surface area contributed by atoms with E-state index in [0.717, 1.165) is 22.4 Å². The van der Waals surface area contributed by atoms with Crippen molar-refractivity contribution in [1.29, 1.82) is 0 Å². The van der Waals surface area contributed by atoms with E-state index in [1.807, 2.05) is 0 Å². The van der Waals surface area contributed by atoms with Crippen molar-refractivity contribution in [3.63, 3.8) is 0 Å². The van der Waals surface area contributed by atoms with Crippen LogP contribution in [0.4, 0.5) is 0 Å². The van der Waals surface area contributed by atoms with Gasteiger partial charge in [-0.3, -0.25) is 12.2 Å². The Kier molecular flexibility index (Phi) is 13.4. The smallest absolute Gasteiger partial charge is 0.0213 e. The molecular formula is C18H35HfSi3-4. The first-order valence-electron chi connectivity index (χ1n) is 7.91. The summed E-state index contributed by atoms with van der Waals surface area (Å²) in [6.45, 7) is 18.6. The molecule has 22 heavy (non-hydrogen) atoms. The van der Waals surface area contributed by atoms with E-state index in [-0.39, 0.29) is 28.7 Å². The molecule has 0 bridgehead atoms. The molecular weight excluding hydrogens is 479 g/mol.